The minimum Gasteiger partial charge on any atom is -0.462 e. The molecule has 1 heterocycles. The topological polar surface area (TPSA) is 116 Å². The Morgan fingerprint density at radius 2 is 1.85 bits per heavy atom. The van der Waals surface area contributed by atoms with Gasteiger partial charge in [0.15, 0.2) is 0 Å². The average Bonchev–Trinajstić information content (AvgIpc) is 2.61. The summed E-state index contributed by atoms with van der Waals surface area (Å²) in [7, 11) is 0. The van der Waals surface area contributed by atoms with E-state index in [9.17, 15) is 4.79 Å². The van der Waals surface area contributed by atoms with Crippen molar-refractivity contribution in [3.05, 3.63) is 53.1 Å². The number of fused-ring (bicyclic) bond motifs is 1. The van der Waals surface area contributed by atoms with Crippen LogP contribution in [-0.2, 0) is 11.3 Å². The van der Waals surface area contributed by atoms with E-state index in [0.717, 1.165) is 27.7 Å². The van der Waals surface area contributed by atoms with E-state index in [0.29, 0.717) is 24.5 Å². The minimum absolute atomic E-state index is 0.168. The van der Waals surface area contributed by atoms with Crippen LogP contribution in [0.4, 0.5) is 17.5 Å². The van der Waals surface area contributed by atoms with Crippen LogP contribution in [0.2, 0.25) is 0 Å². The second kappa shape index (κ2) is 7.26. The molecule has 0 unspecified atom stereocenters. The molecule has 26 heavy (non-hydrogen) atoms. The third kappa shape index (κ3) is 3.51. The van der Waals surface area contributed by atoms with Crippen LogP contribution in [0.3, 0.4) is 0 Å². The van der Waals surface area contributed by atoms with Crippen molar-refractivity contribution in [3.63, 3.8) is 0 Å². The Morgan fingerprint density at radius 3 is 2.54 bits per heavy atom. The SMILES string of the molecule is CCOC(=O)c1ccc(NCc2ccc3nc(N)nc(N)c3c2C)cc1. The van der Waals surface area contributed by atoms with Crippen molar-refractivity contribution in [2.24, 2.45) is 0 Å². The Kier molecular flexibility index (Phi) is 4.88. The van der Waals surface area contributed by atoms with Crippen LogP contribution in [-0.4, -0.2) is 22.5 Å². The number of hydrogen-bond donors (Lipinski definition) is 3. The maximum atomic E-state index is 11.7. The van der Waals surface area contributed by atoms with E-state index in [1.165, 1.54) is 0 Å². The van der Waals surface area contributed by atoms with Gasteiger partial charge in [-0.3, -0.25) is 0 Å². The number of aryl methyl sites for hydroxylation is 1. The van der Waals surface area contributed by atoms with Gasteiger partial charge in [-0.15, -0.1) is 0 Å². The molecule has 0 saturated heterocycles. The number of hydrogen-bond acceptors (Lipinski definition) is 7. The lowest BCUT2D eigenvalue weighted by molar-refractivity contribution is 0.0526. The summed E-state index contributed by atoms with van der Waals surface area (Å²) in [6.45, 7) is 4.73. The van der Waals surface area contributed by atoms with E-state index < -0.39 is 0 Å². The van der Waals surface area contributed by atoms with Gasteiger partial charge in [0, 0.05) is 17.6 Å². The summed E-state index contributed by atoms with van der Waals surface area (Å²) in [6.07, 6.45) is 0. The summed E-state index contributed by atoms with van der Waals surface area (Å²) in [5.74, 6) is 0.228. The molecule has 0 aliphatic heterocycles. The fourth-order valence-corrected chi connectivity index (χ4v) is 2.81. The van der Waals surface area contributed by atoms with Crippen molar-refractivity contribution >= 4 is 34.3 Å². The van der Waals surface area contributed by atoms with Gasteiger partial charge in [0.1, 0.15) is 5.82 Å². The van der Waals surface area contributed by atoms with Crippen LogP contribution in [0.15, 0.2) is 36.4 Å². The predicted octanol–water partition coefficient (Wildman–Crippen LogP) is 2.89. The van der Waals surface area contributed by atoms with Gasteiger partial charge in [-0.2, -0.15) is 4.98 Å². The molecule has 5 N–H and O–H groups in total. The van der Waals surface area contributed by atoms with Crippen LogP contribution < -0.4 is 16.8 Å². The maximum absolute atomic E-state index is 11.7. The number of nitrogen functional groups attached to an aromatic ring is 2. The lowest BCUT2D eigenvalue weighted by Gasteiger charge is -2.13. The summed E-state index contributed by atoms with van der Waals surface area (Å²) >= 11 is 0. The predicted molar refractivity (Wildman–Crippen MR) is 103 cm³/mol. The minimum atomic E-state index is -0.320. The molecule has 1 aromatic heterocycles. The van der Waals surface area contributed by atoms with Crippen LogP contribution in [0.5, 0.6) is 0 Å². The number of rotatable bonds is 5. The Labute approximate surface area is 151 Å². The van der Waals surface area contributed by atoms with E-state index in [1.807, 2.05) is 31.2 Å². The lowest BCUT2D eigenvalue weighted by Crippen LogP contribution is -2.06. The summed E-state index contributed by atoms with van der Waals surface area (Å²) in [5.41, 5.74) is 15.9. The number of nitrogens with two attached hydrogens (primary N) is 2. The average molecular weight is 351 g/mol. The molecule has 3 aromatic rings. The zero-order chi connectivity index (χ0) is 18.7. The first-order chi connectivity index (χ1) is 12.5. The molecule has 0 aliphatic rings. The molecule has 3 rings (SSSR count). The molecule has 0 amide bonds. The smallest absolute Gasteiger partial charge is 0.338 e. The second-order valence-electron chi connectivity index (χ2n) is 5.86. The van der Waals surface area contributed by atoms with Crippen LogP contribution in [0, 0.1) is 6.92 Å². The standard InChI is InChI=1S/C19H21N5O2/c1-3-26-18(25)12-4-7-14(8-5-12)22-10-13-6-9-15-16(11(13)2)17(20)24-19(21)23-15/h4-9,22H,3,10H2,1-2H3,(H4,20,21,23,24). The van der Waals surface area contributed by atoms with Crippen molar-refractivity contribution in [1.82, 2.24) is 9.97 Å². The van der Waals surface area contributed by atoms with Gasteiger partial charge < -0.3 is 21.5 Å². The number of esters is 1. The first-order valence-corrected chi connectivity index (χ1v) is 8.31. The van der Waals surface area contributed by atoms with Gasteiger partial charge in [-0.05, 0) is 55.3 Å². The van der Waals surface area contributed by atoms with E-state index in [-0.39, 0.29) is 11.9 Å². The van der Waals surface area contributed by atoms with E-state index in [1.54, 1.807) is 19.1 Å². The monoisotopic (exact) mass is 351 g/mol. The normalized spacial score (nSPS) is 10.7. The van der Waals surface area contributed by atoms with Gasteiger partial charge in [-0.1, -0.05) is 6.07 Å². The van der Waals surface area contributed by atoms with Crippen LogP contribution in [0.1, 0.15) is 28.4 Å². The molecule has 0 atom stereocenters. The third-order valence-corrected chi connectivity index (χ3v) is 4.16. The Morgan fingerprint density at radius 1 is 1.12 bits per heavy atom. The molecule has 0 bridgehead atoms. The number of nitrogens with zero attached hydrogens (tertiary/aromatic N) is 2. The van der Waals surface area contributed by atoms with Crippen molar-refractivity contribution in [2.75, 3.05) is 23.4 Å². The van der Waals surface area contributed by atoms with Crippen molar-refractivity contribution in [3.8, 4) is 0 Å². The molecule has 2 aromatic carbocycles. The fourth-order valence-electron chi connectivity index (χ4n) is 2.81. The number of aromatic nitrogens is 2. The second-order valence-corrected chi connectivity index (χ2v) is 5.86. The third-order valence-electron chi connectivity index (χ3n) is 4.16. The van der Waals surface area contributed by atoms with Gasteiger partial charge >= 0.3 is 5.97 Å². The van der Waals surface area contributed by atoms with Gasteiger partial charge in [0.25, 0.3) is 0 Å². The number of ether oxygens (including phenoxy) is 1. The molecular formula is C19H21N5O2. The molecule has 7 nitrogen and oxygen atoms in total. The van der Waals surface area contributed by atoms with E-state index in [4.69, 9.17) is 16.2 Å². The number of nitrogens with one attached hydrogen (secondary N) is 1. The first-order valence-electron chi connectivity index (χ1n) is 8.31. The van der Waals surface area contributed by atoms with Gasteiger partial charge in [0.2, 0.25) is 5.95 Å². The highest BCUT2D eigenvalue weighted by atomic mass is 16.5. The van der Waals surface area contributed by atoms with Crippen molar-refractivity contribution < 1.29 is 9.53 Å². The Balaban J connectivity index is 1.77. The highest BCUT2D eigenvalue weighted by Gasteiger charge is 2.10. The quantitative estimate of drug-likeness (QED) is 0.605. The molecule has 0 aliphatic carbocycles. The highest BCUT2D eigenvalue weighted by Crippen LogP contribution is 2.26. The largest absolute Gasteiger partial charge is 0.462 e. The highest BCUT2D eigenvalue weighted by molar-refractivity contribution is 5.92. The number of carbonyl (C=O) groups excluding carboxylic acids is 1. The zero-order valence-electron chi connectivity index (χ0n) is 14.7. The summed E-state index contributed by atoms with van der Waals surface area (Å²) in [4.78, 5) is 19.9. The number of benzene rings is 2. The van der Waals surface area contributed by atoms with Crippen molar-refractivity contribution in [2.45, 2.75) is 20.4 Å². The van der Waals surface area contributed by atoms with Gasteiger partial charge in [0.05, 0.1) is 17.7 Å². The maximum Gasteiger partial charge on any atom is 0.338 e. The molecule has 0 radical (unpaired) electrons. The van der Waals surface area contributed by atoms with Crippen LogP contribution >= 0.6 is 0 Å². The molecular weight excluding hydrogens is 330 g/mol. The van der Waals surface area contributed by atoms with Crippen LogP contribution in [0.25, 0.3) is 10.9 Å². The summed E-state index contributed by atoms with van der Waals surface area (Å²) < 4.78 is 4.98. The molecule has 0 saturated carbocycles. The fraction of sp³-hybridized carbons (Fsp3) is 0.211. The number of anilines is 3. The van der Waals surface area contributed by atoms with Gasteiger partial charge in [-0.25, -0.2) is 9.78 Å². The molecule has 134 valence electrons. The Bertz CT molecular complexity index is 954. The van der Waals surface area contributed by atoms with Crippen molar-refractivity contribution in [1.29, 1.82) is 0 Å². The zero-order valence-corrected chi connectivity index (χ0v) is 14.7. The van der Waals surface area contributed by atoms with E-state index in [2.05, 4.69) is 15.3 Å². The Hall–Kier alpha value is -3.35. The summed E-state index contributed by atoms with van der Waals surface area (Å²) in [5, 5.41) is 4.15. The lowest BCUT2D eigenvalue weighted by atomic mass is 10.0. The number of carbonyl (C=O) groups is 1. The summed E-state index contributed by atoms with van der Waals surface area (Å²) in [6, 6.07) is 11.0. The molecule has 7 heteroatoms. The molecule has 0 fully saturated rings. The van der Waals surface area contributed by atoms with E-state index >= 15 is 0 Å². The first kappa shape index (κ1) is 17.5. The molecule has 0 spiro atoms.